The number of aryl methyl sites for hydroxylation is 2. The van der Waals surface area contributed by atoms with Crippen LogP contribution in [-0.2, 0) is 37.4 Å². The van der Waals surface area contributed by atoms with Crippen molar-refractivity contribution in [1.82, 2.24) is 14.1 Å². The first kappa shape index (κ1) is 22.4. The van der Waals surface area contributed by atoms with Crippen molar-refractivity contribution in [3.05, 3.63) is 51.3 Å². The van der Waals surface area contributed by atoms with Crippen molar-refractivity contribution in [3.8, 4) is 0 Å². The third kappa shape index (κ3) is 5.67. The van der Waals surface area contributed by atoms with Crippen molar-refractivity contribution in [2.75, 3.05) is 13.2 Å². The van der Waals surface area contributed by atoms with E-state index in [0.717, 1.165) is 0 Å². The van der Waals surface area contributed by atoms with Crippen molar-refractivity contribution in [2.45, 2.75) is 44.7 Å². The smallest absolute Gasteiger partial charge is 0.330 e. The third-order valence-corrected chi connectivity index (χ3v) is 4.82. The largest absolute Gasteiger partial charge is 0.461 e. The highest BCUT2D eigenvalue weighted by Gasteiger charge is 2.39. The zero-order valence-electron chi connectivity index (χ0n) is 17.2. The number of nitrogens with zero attached hydrogens (tertiary/aromatic N) is 3. The van der Waals surface area contributed by atoms with Crippen LogP contribution < -0.4 is 15.8 Å². The van der Waals surface area contributed by atoms with Crippen LogP contribution in [0, 0.1) is 6.92 Å². The summed E-state index contributed by atoms with van der Waals surface area (Å²) in [5.41, 5.74) is -0.880. The van der Waals surface area contributed by atoms with Crippen LogP contribution in [0.1, 0.15) is 24.6 Å². The molecule has 31 heavy (non-hydrogen) atoms. The summed E-state index contributed by atoms with van der Waals surface area (Å²) < 4.78 is 20.8. The van der Waals surface area contributed by atoms with Crippen LogP contribution in [0.3, 0.4) is 0 Å². The molecule has 3 rings (SSSR count). The fourth-order valence-corrected chi connectivity index (χ4v) is 3.24. The Bertz CT molecular complexity index is 1060. The molecule has 1 aliphatic heterocycles. The molecule has 2 N–H and O–H groups in total. The van der Waals surface area contributed by atoms with Crippen LogP contribution in [-0.4, -0.2) is 56.6 Å². The van der Waals surface area contributed by atoms with Crippen molar-refractivity contribution < 1.29 is 33.5 Å². The summed E-state index contributed by atoms with van der Waals surface area (Å²) in [5.74, 6) is -1.56. The highest BCUT2D eigenvalue weighted by atomic mass is 16.6. The highest BCUT2D eigenvalue weighted by molar-refractivity contribution is 5.91. The van der Waals surface area contributed by atoms with Gasteiger partial charge in [-0.2, -0.15) is 0 Å². The number of nitrogens with one attached hydrogen (secondary N) is 1. The van der Waals surface area contributed by atoms with E-state index in [1.807, 2.05) is 34.9 Å². The zero-order chi connectivity index (χ0) is 22.5. The first-order valence-corrected chi connectivity index (χ1v) is 9.71. The molecule has 0 bridgehead atoms. The molecule has 1 aliphatic rings. The summed E-state index contributed by atoms with van der Waals surface area (Å²) >= 11 is 0. The number of carbonyl (C=O) groups is 2. The van der Waals surface area contributed by atoms with Gasteiger partial charge < -0.3 is 19.3 Å². The molecular weight excluding hydrogens is 412 g/mol. The van der Waals surface area contributed by atoms with Gasteiger partial charge in [0.1, 0.15) is 50.4 Å². The molecule has 0 aromatic carbocycles. The van der Waals surface area contributed by atoms with E-state index in [-0.39, 0.29) is 13.0 Å². The quantitative estimate of drug-likeness (QED) is 0.282. The summed E-state index contributed by atoms with van der Waals surface area (Å²) in [6.45, 7) is 1.62. The molecule has 12 nitrogen and oxygen atoms in total. The Morgan fingerprint density at radius 1 is 1.35 bits per heavy atom. The summed E-state index contributed by atoms with van der Waals surface area (Å²) in [7, 11) is 1.87. The number of esters is 2. The highest BCUT2D eigenvalue weighted by Crippen LogP contribution is 2.30. The maximum Gasteiger partial charge on any atom is 0.330 e. The lowest BCUT2D eigenvalue weighted by molar-refractivity contribution is -0.671. The van der Waals surface area contributed by atoms with Gasteiger partial charge in [-0.15, -0.1) is 0 Å². The lowest BCUT2D eigenvalue weighted by Crippen LogP contribution is -2.33. The average molecular weight is 437 g/mol. The number of imidazole rings is 1. The minimum atomic E-state index is -0.876. The summed E-state index contributed by atoms with van der Waals surface area (Å²) in [6.07, 6.45) is 3.73. The van der Waals surface area contributed by atoms with Gasteiger partial charge in [-0.05, 0) is 6.92 Å². The average Bonchev–Trinajstić information content (AvgIpc) is 3.30. The number of hydrogen-bond acceptors (Lipinski definition) is 8. The van der Waals surface area contributed by atoms with Gasteiger partial charge in [-0.1, -0.05) is 0 Å². The van der Waals surface area contributed by atoms with Gasteiger partial charge in [0, 0.05) is 18.2 Å². The molecule has 1 fully saturated rings. The number of aliphatic hydroxyl groups is 1. The molecule has 3 atom stereocenters. The first-order valence-electron chi connectivity index (χ1n) is 9.71. The lowest BCUT2D eigenvalue weighted by Gasteiger charge is -2.16. The topological polar surface area (TPSA) is 146 Å². The Morgan fingerprint density at radius 3 is 2.81 bits per heavy atom. The fourth-order valence-electron chi connectivity index (χ4n) is 3.24. The van der Waals surface area contributed by atoms with E-state index >= 15 is 0 Å². The standard InChI is InChI=1S/C19H24N4O8/c1-12-9-23(19(28)20-18(12)27)15-7-13(14(10-24)30-15)31-17(26)8-16(25)29-6-5-22-4-3-21(2)11-22/h3-4,9,11,13-15,24H,5-8,10H2,1-2H3/p+1/t13-,14+,15+/m0/s1. The van der Waals surface area contributed by atoms with Gasteiger partial charge in [0.15, 0.2) is 0 Å². The molecule has 1 saturated heterocycles. The van der Waals surface area contributed by atoms with Crippen molar-refractivity contribution >= 4 is 11.9 Å². The summed E-state index contributed by atoms with van der Waals surface area (Å²) in [5, 5.41) is 9.53. The lowest BCUT2D eigenvalue weighted by atomic mass is 10.2. The Kier molecular flexibility index (Phi) is 7.02. The third-order valence-electron chi connectivity index (χ3n) is 4.82. The van der Waals surface area contributed by atoms with Crippen LogP contribution >= 0.6 is 0 Å². The fraction of sp³-hybridized carbons (Fsp3) is 0.526. The predicted octanol–water partition coefficient (Wildman–Crippen LogP) is -1.70. The number of aromatic nitrogens is 4. The molecule has 0 unspecified atom stereocenters. The van der Waals surface area contributed by atoms with Crippen molar-refractivity contribution in [3.63, 3.8) is 0 Å². The molecule has 2 aromatic heterocycles. The van der Waals surface area contributed by atoms with E-state index < -0.39 is 54.7 Å². The molecule has 0 spiro atoms. The monoisotopic (exact) mass is 437 g/mol. The second-order valence-corrected chi connectivity index (χ2v) is 7.27. The van der Waals surface area contributed by atoms with E-state index in [1.165, 1.54) is 17.7 Å². The van der Waals surface area contributed by atoms with Crippen LogP contribution in [0.25, 0.3) is 0 Å². The Balaban J connectivity index is 1.51. The molecule has 12 heteroatoms. The van der Waals surface area contributed by atoms with Gasteiger partial charge in [-0.25, -0.2) is 13.9 Å². The maximum absolute atomic E-state index is 12.1. The number of aromatic amines is 1. The SMILES string of the molecule is Cc1cn([C@H]2C[C@H](OC(=O)CC(=O)OCCn3cc[n+](C)c3)[C@@H](CO)O2)c(=O)[nH]c1=O. The number of aliphatic hydroxyl groups excluding tert-OH is 1. The number of carbonyl (C=O) groups excluding carboxylic acids is 2. The number of rotatable bonds is 8. The maximum atomic E-state index is 12.1. The van der Waals surface area contributed by atoms with Gasteiger partial charge in [-0.3, -0.25) is 23.9 Å². The normalized spacial score (nSPS) is 20.5. The van der Waals surface area contributed by atoms with E-state index in [0.29, 0.717) is 12.1 Å². The molecule has 0 aliphatic carbocycles. The van der Waals surface area contributed by atoms with E-state index in [2.05, 4.69) is 4.98 Å². The van der Waals surface area contributed by atoms with E-state index in [1.54, 1.807) is 0 Å². The summed E-state index contributed by atoms with van der Waals surface area (Å²) in [4.78, 5) is 49.8. The van der Waals surface area contributed by atoms with Gasteiger partial charge >= 0.3 is 17.6 Å². The van der Waals surface area contributed by atoms with Crippen LogP contribution in [0.15, 0.2) is 34.5 Å². The molecule has 0 radical (unpaired) electrons. The molecule has 0 amide bonds. The molecule has 3 heterocycles. The van der Waals surface area contributed by atoms with Crippen molar-refractivity contribution in [2.24, 2.45) is 7.05 Å². The first-order chi connectivity index (χ1) is 14.8. The molecule has 0 saturated carbocycles. The minimum Gasteiger partial charge on any atom is -0.461 e. The zero-order valence-corrected chi connectivity index (χ0v) is 17.2. The Hall–Kier alpha value is -3.25. The van der Waals surface area contributed by atoms with Crippen LogP contribution in [0.2, 0.25) is 0 Å². The van der Waals surface area contributed by atoms with Gasteiger partial charge in [0.25, 0.3) is 5.56 Å². The Labute approximate surface area is 176 Å². The molecular formula is C19H25N4O8+. The summed E-state index contributed by atoms with van der Waals surface area (Å²) in [6, 6.07) is 0. The second kappa shape index (κ2) is 9.71. The van der Waals surface area contributed by atoms with E-state index in [4.69, 9.17) is 14.2 Å². The minimum absolute atomic E-state index is 0.0715. The van der Waals surface area contributed by atoms with Gasteiger partial charge in [0.05, 0.1) is 13.7 Å². The van der Waals surface area contributed by atoms with Crippen LogP contribution in [0.5, 0.6) is 0 Å². The van der Waals surface area contributed by atoms with Crippen LogP contribution in [0.4, 0.5) is 0 Å². The predicted molar refractivity (Wildman–Crippen MR) is 103 cm³/mol. The number of ether oxygens (including phenoxy) is 3. The van der Waals surface area contributed by atoms with E-state index in [9.17, 15) is 24.3 Å². The van der Waals surface area contributed by atoms with Crippen molar-refractivity contribution in [1.29, 1.82) is 0 Å². The molecule has 2 aromatic rings. The number of hydrogen-bond donors (Lipinski definition) is 2. The Morgan fingerprint density at radius 2 is 2.13 bits per heavy atom. The molecule has 168 valence electrons. The second-order valence-electron chi connectivity index (χ2n) is 7.27. The number of H-pyrrole nitrogens is 1. The van der Waals surface area contributed by atoms with Gasteiger partial charge in [0.2, 0.25) is 6.33 Å².